The third-order valence-electron chi connectivity index (χ3n) is 3.55. The maximum atomic E-state index is 5.97. The molecule has 19 heavy (non-hydrogen) atoms. The minimum atomic E-state index is 0.0176. The molecule has 1 aliphatic heterocycles. The van der Waals surface area contributed by atoms with Crippen molar-refractivity contribution in [3.05, 3.63) is 5.28 Å². The van der Waals surface area contributed by atoms with Gasteiger partial charge < -0.3 is 9.64 Å². The van der Waals surface area contributed by atoms with E-state index in [1.54, 1.807) is 0 Å². The Bertz CT molecular complexity index is 441. The van der Waals surface area contributed by atoms with E-state index in [9.17, 15) is 0 Å². The normalized spacial score (nSPS) is 23.8. The molecule has 2 rings (SSSR count). The summed E-state index contributed by atoms with van der Waals surface area (Å²) in [6.45, 7) is 9.27. The molecule has 6 heteroatoms. The highest BCUT2D eigenvalue weighted by Gasteiger charge is 2.27. The zero-order chi connectivity index (χ0) is 14.0. The molecule has 1 aromatic rings. The van der Waals surface area contributed by atoms with Crippen LogP contribution < -0.4 is 9.64 Å². The quantitative estimate of drug-likeness (QED) is 0.854. The molecule has 2 atom stereocenters. The largest absolute Gasteiger partial charge is 0.461 e. The summed E-state index contributed by atoms with van der Waals surface area (Å²) in [5.41, 5.74) is 0. The van der Waals surface area contributed by atoms with Crippen molar-refractivity contribution in [3.8, 4) is 6.01 Å². The summed E-state index contributed by atoms with van der Waals surface area (Å²) in [5, 5.41) is 0.186. The standard InChI is InChI=1S/C13H21ClN4O/c1-8(2)19-13-16-11(14)15-12(17-13)18-7-5-6-9(3)10(18)4/h8-10H,5-7H2,1-4H3. The molecule has 5 nitrogen and oxygen atoms in total. The first kappa shape index (κ1) is 14.3. The lowest BCUT2D eigenvalue weighted by Gasteiger charge is -2.37. The molecule has 1 fully saturated rings. The molecule has 0 amide bonds. The maximum absolute atomic E-state index is 5.97. The van der Waals surface area contributed by atoms with E-state index in [0.717, 1.165) is 13.0 Å². The molecule has 1 aromatic heterocycles. The fraction of sp³-hybridized carbons (Fsp3) is 0.769. The molecule has 1 aliphatic rings. The Morgan fingerprint density at radius 1 is 1.26 bits per heavy atom. The van der Waals surface area contributed by atoms with Crippen molar-refractivity contribution >= 4 is 17.5 Å². The second kappa shape index (κ2) is 5.90. The summed E-state index contributed by atoms with van der Waals surface area (Å²) in [5.74, 6) is 1.24. The van der Waals surface area contributed by atoms with E-state index >= 15 is 0 Å². The first-order valence-corrected chi connectivity index (χ1v) is 7.20. The van der Waals surface area contributed by atoms with Crippen molar-refractivity contribution in [3.63, 3.8) is 0 Å². The maximum Gasteiger partial charge on any atom is 0.322 e. The number of hydrogen-bond acceptors (Lipinski definition) is 5. The van der Waals surface area contributed by atoms with Crippen LogP contribution in [-0.4, -0.2) is 33.6 Å². The second-order valence-corrected chi connectivity index (χ2v) is 5.75. The van der Waals surface area contributed by atoms with Gasteiger partial charge in [-0.3, -0.25) is 0 Å². The zero-order valence-corrected chi connectivity index (χ0v) is 12.7. The minimum Gasteiger partial charge on any atom is -0.461 e. The van der Waals surface area contributed by atoms with Gasteiger partial charge in [0, 0.05) is 12.6 Å². The van der Waals surface area contributed by atoms with Crippen LogP contribution in [0.3, 0.4) is 0 Å². The van der Waals surface area contributed by atoms with Crippen molar-refractivity contribution < 1.29 is 4.74 Å². The third-order valence-corrected chi connectivity index (χ3v) is 3.72. The lowest BCUT2D eigenvalue weighted by molar-refractivity contribution is 0.221. The molecule has 0 saturated carbocycles. The minimum absolute atomic E-state index is 0.0176. The molecule has 0 radical (unpaired) electrons. The van der Waals surface area contributed by atoms with Crippen LogP contribution in [0.1, 0.15) is 40.5 Å². The summed E-state index contributed by atoms with van der Waals surface area (Å²) in [7, 11) is 0. The van der Waals surface area contributed by atoms with Crippen LogP contribution in [0.5, 0.6) is 6.01 Å². The summed E-state index contributed by atoms with van der Waals surface area (Å²) in [6, 6.07) is 0.703. The number of ether oxygens (including phenoxy) is 1. The van der Waals surface area contributed by atoms with Gasteiger partial charge in [-0.15, -0.1) is 0 Å². The molecule has 0 N–H and O–H groups in total. The molecule has 2 heterocycles. The van der Waals surface area contributed by atoms with E-state index in [0.29, 0.717) is 23.9 Å². The summed E-state index contributed by atoms with van der Waals surface area (Å²) in [6.07, 6.45) is 2.41. The lowest BCUT2D eigenvalue weighted by Crippen LogP contribution is -2.43. The fourth-order valence-corrected chi connectivity index (χ4v) is 2.48. The van der Waals surface area contributed by atoms with Crippen LogP contribution in [-0.2, 0) is 0 Å². The summed E-state index contributed by atoms with van der Waals surface area (Å²) < 4.78 is 5.52. The van der Waals surface area contributed by atoms with Crippen molar-refractivity contribution in [2.45, 2.75) is 52.7 Å². The van der Waals surface area contributed by atoms with Gasteiger partial charge in [-0.2, -0.15) is 15.0 Å². The number of hydrogen-bond donors (Lipinski definition) is 0. The van der Waals surface area contributed by atoms with E-state index in [1.165, 1.54) is 6.42 Å². The third kappa shape index (κ3) is 3.47. The van der Waals surface area contributed by atoms with E-state index < -0.39 is 0 Å². The number of rotatable bonds is 3. The Hall–Kier alpha value is -1.10. The lowest BCUT2D eigenvalue weighted by atomic mass is 9.92. The SMILES string of the molecule is CC(C)Oc1nc(Cl)nc(N2CCCC(C)C2C)n1. The van der Waals surface area contributed by atoms with E-state index in [-0.39, 0.29) is 11.4 Å². The first-order chi connectivity index (χ1) is 8.97. The van der Waals surface area contributed by atoms with Gasteiger partial charge in [0.25, 0.3) is 0 Å². The van der Waals surface area contributed by atoms with Crippen LogP contribution in [0.25, 0.3) is 0 Å². The Morgan fingerprint density at radius 2 is 2.00 bits per heavy atom. The van der Waals surface area contributed by atoms with Crippen molar-refractivity contribution in [1.29, 1.82) is 0 Å². The van der Waals surface area contributed by atoms with Crippen molar-refractivity contribution in [1.82, 2.24) is 15.0 Å². The van der Waals surface area contributed by atoms with Crippen LogP contribution in [0.15, 0.2) is 0 Å². The van der Waals surface area contributed by atoms with Crippen LogP contribution >= 0.6 is 11.6 Å². The van der Waals surface area contributed by atoms with Gasteiger partial charge in [-0.05, 0) is 51.1 Å². The Kier molecular flexibility index (Phi) is 4.45. The van der Waals surface area contributed by atoms with Gasteiger partial charge in [-0.1, -0.05) is 6.92 Å². The fourth-order valence-electron chi connectivity index (χ4n) is 2.33. The Balaban J connectivity index is 2.25. The molecular weight excluding hydrogens is 264 g/mol. The van der Waals surface area contributed by atoms with Gasteiger partial charge in [0.1, 0.15) is 0 Å². The smallest absolute Gasteiger partial charge is 0.322 e. The number of piperidine rings is 1. The molecule has 0 aromatic carbocycles. The van der Waals surface area contributed by atoms with Gasteiger partial charge in [0.15, 0.2) is 0 Å². The summed E-state index contributed by atoms with van der Waals surface area (Å²) >= 11 is 5.97. The molecule has 0 aliphatic carbocycles. The number of halogens is 1. The molecule has 0 bridgehead atoms. The Morgan fingerprint density at radius 3 is 2.68 bits per heavy atom. The van der Waals surface area contributed by atoms with Crippen molar-refractivity contribution in [2.24, 2.45) is 5.92 Å². The van der Waals surface area contributed by atoms with Crippen LogP contribution in [0.4, 0.5) is 5.95 Å². The average Bonchev–Trinajstić information content (AvgIpc) is 2.31. The van der Waals surface area contributed by atoms with Crippen LogP contribution in [0.2, 0.25) is 5.28 Å². The monoisotopic (exact) mass is 284 g/mol. The summed E-state index contributed by atoms with van der Waals surface area (Å²) in [4.78, 5) is 14.8. The van der Waals surface area contributed by atoms with Gasteiger partial charge >= 0.3 is 6.01 Å². The van der Waals surface area contributed by atoms with Gasteiger partial charge in [0.2, 0.25) is 11.2 Å². The highest BCUT2D eigenvalue weighted by atomic mass is 35.5. The van der Waals surface area contributed by atoms with Crippen molar-refractivity contribution in [2.75, 3.05) is 11.4 Å². The number of nitrogens with zero attached hydrogens (tertiary/aromatic N) is 4. The van der Waals surface area contributed by atoms with E-state index in [2.05, 4.69) is 33.7 Å². The topological polar surface area (TPSA) is 51.1 Å². The first-order valence-electron chi connectivity index (χ1n) is 6.82. The molecule has 1 saturated heterocycles. The average molecular weight is 285 g/mol. The Labute approximate surface area is 119 Å². The zero-order valence-electron chi connectivity index (χ0n) is 11.9. The number of anilines is 1. The van der Waals surface area contributed by atoms with Gasteiger partial charge in [-0.25, -0.2) is 0 Å². The predicted octanol–water partition coefficient (Wildman–Crippen LogP) is 2.94. The van der Waals surface area contributed by atoms with E-state index in [4.69, 9.17) is 16.3 Å². The molecule has 0 spiro atoms. The highest BCUT2D eigenvalue weighted by molar-refractivity contribution is 6.28. The predicted molar refractivity (Wildman–Crippen MR) is 75.8 cm³/mol. The second-order valence-electron chi connectivity index (χ2n) is 5.41. The van der Waals surface area contributed by atoms with Gasteiger partial charge in [0.05, 0.1) is 6.10 Å². The van der Waals surface area contributed by atoms with Crippen LogP contribution in [0, 0.1) is 5.92 Å². The molecule has 106 valence electrons. The number of aromatic nitrogens is 3. The highest BCUT2D eigenvalue weighted by Crippen LogP contribution is 2.27. The molecular formula is C13H21ClN4O. The van der Waals surface area contributed by atoms with E-state index in [1.807, 2.05) is 13.8 Å². The molecule has 2 unspecified atom stereocenters.